The van der Waals surface area contributed by atoms with Crippen LogP contribution in [-0.4, -0.2) is 73.4 Å². The van der Waals surface area contributed by atoms with Gasteiger partial charge in [-0.2, -0.15) is 8.42 Å². The minimum Gasteiger partial charge on any atom is -0.508 e. The third-order valence-electron chi connectivity index (χ3n) is 14.7. The van der Waals surface area contributed by atoms with Crippen molar-refractivity contribution < 1.29 is 46.7 Å². The number of ether oxygens (including phenoxy) is 2. The minimum atomic E-state index is -4.21. The number of amides is 2. The highest BCUT2D eigenvalue weighted by molar-refractivity contribution is 7.85. The molecular formula is C46H70N2O10S. The number of fused-ring (bicyclic) bond motifs is 5. The van der Waals surface area contributed by atoms with E-state index in [1.54, 1.807) is 12.1 Å². The van der Waals surface area contributed by atoms with Gasteiger partial charge in [-0.3, -0.25) is 23.7 Å². The van der Waals surface area contributed by atoms with Gasteiger partial charge in [0.2, 0.25) is 11.8 Å². The first kappa shape index (κ1) is 46.6. The molecule has 5 rings (SSSR count). The first-order valence-electron chi connectivity index (χ1n) is 22.2. The van der Waals surface area contributed by atoms with Gasteiger partial charge in [-0.1, -0.05) is 77.7 Å². The van der Waals surface area contributed by atoms with Crippen molar-refractivity contribution in [1.82, 2.24) is 10.6 Å². The standard InChI is InChI=1S/C46H70N2O10S/c1-30(2)7-6-8-31(3)38-15-16-39-37-14-11-34-29-36(19-21-45(34,4)40(37)20-22-46(38,39)5)58-43(52)28-33(27-32-9-12-35(49)13-10-32)44(53)48-23-25-57-42(51)18-17-41(50)47-24-26-59(54,55)56/h9-13,30-31,33,36-40,49H,6-8,14-29H2,1-5H3,(H,47,50)(H,48,53)(H,54,55,56)/t31-,33-,36?,37+,38?,39+,40+,45+,46-/m1/s1. The Labute approximate surface area is 352 Å². The van der Waals surface area contributed by atoms with E-state index in [9.17, 15) is 32.7 Å². The third kappa shape index (κ3) is 12.6. The van der Waals surface area contributed by atoms with Gasteiger partial charge in [0.25, 0.3) is 10.1 Å². The van der Waals surface area contributed by atoms with Crippen molar-refractivity contribution in [3.63, 3.8) is 0 Å². The number of aromatic hydroxyl groups is 1. The number of phenolic OH excluding ortho intramolecular Hbond substituents is 1. The second-order valence-corrected chi connectivity index (χ2v) is 20.6. The Morgan fingerprint density at radius 2 is 1.64 bits per heavy atom. The molecule has 2 unspecified atom stereocenters. The molecule has 0 aliphatic heterocycles. The lowest BCUT2D eigenvalue weighted by atomic mass is 9.47. The number of rotatable bonds is 20. The number of hydrogen-bond donors (Lipinski definition) is 4. The summed E-state index contributed by atoms with van der Waals surface area (Å²) in [6, 6.07) is 6.48. The second-order valence-electron chi connectivity index (χ2n) is 19.1. The summed E-state index contributed by atoms with van der Waals surface area (Å²) in [5, 5.41) is 14.8. The van der Waals surface area contributed by atoms with Crippen molar-refractivity contribution in [2.24, 2.45) is 52.3 Å². The molecule has 1 aromatic carbocycles. The summed E-state index contributed by atoms with van der Waals surface area (Å²) < 4.78 is 41.6. The molecule has 0 aromatic heterocycles. The molecule has 0 heterocycles. The lowest BCUT2D eigenvalue weighted by molar-refractivity contribution is -0.154. The second kappa shape index (κ2) is 20.4. The zero-order valence-electron chi connectivity index (χ0n) is 36.0. The van der Waals surface area contributed by atoms with Crippen LogP contribution in [-0.2, 0) is 45.2 Å². The van der Waals surface area contributed by atoms with Crippen LogP contribution in [0.4, 0.5) is 0 Å². The van der Waals surface area contributed by atoms with Gasteiger partial charge < -0.3 is 25.2 Å². The minimum absolute atomic E-state index is 0.0121. The average molecular weight is 843 g/mol. The molecule has 1 aromatic rings. The first-order chi connectivity index (χ1) is 27.9. The summed E-state index contributed by atoms with van der Waals surface area (Å²) in [6.45, 7) is 11.8. The molecule has 12 nitrogen and oxygen atoms in total. The maximum Gasteiger partial charge on any atom is 0.306 e. The van der Waals surface area contributed by atoms with E-state index < -0.39 is 45.5 Å². The highest BCUT2D eigenvalue weighted by Gasteiger charge is 2.59. The van der Waals surface area contributed by atoms with Gasteiger partial charge in [0, 0.05) is 19.4 Å². The number of benzene rings is 1. The maximum atomic E-state index is 13.5. The van der Waals surface area contributed by atoms with Gasteiger partial charge in [0.05, 0.1) is 31.1 Å². The van der Waals surface area contributed by atoms with Gasteiger partial charge in [-0.05, 0) is 115 Å². The molecule has 4 aliphatic carbocycles. The molecule has 4 aliphatic rings. The topological polar surface area (TPSA) is 185 Å². The van der Waals surface area contributed by atoms with E-state index in [0.717, 1.165) is 60.8 Å². The van der Waals surface area contributed by atoms with Crippen LogP contribution in [0.15, 0.2) is 35.9 Å². The molecule has 2 amide bonds. The number of phenols is 1. The van der Waals surface area contributed by atoms with E-state index in [2.05, 4.69) is 51.3 Å². The van der Waals surface area contributed by atoms with E-state index in [0.29, 0.717) is 11.3 Å². The van der Waals surface area contributed by atoms with Gasteiger partial charge in [-0.15, -0.1) is 0 Å². The number of allylic oxidation sites excluding steroid dienone is 1. The summed E-state index contributed by atoms with van der Waals surface area (Å²) in [5.74, 6) is 1.16. The average Bonchev–Trinajstić information content (AvgIpc) is 3.53. The Hall–Kier alpha value is -3.45. The molecule has 4 N–H and O–H groups in total. The van der Waals surface area contributed by atoms with Crippen molar-refractivity contribution in [2.45, 2.75) is 137 Å². The molecule has 3 saturated carbocycles. The SMILES string of the molecule is CC(C)CCC[C@@H](C)C1CC[C@H]2[C@@H]3CC=C4CC(OC(=O)C[C@@H](Cc5ccc(O)cc5)C(=O)NCCOC(=O)CCC(=O)NCCS(=O)(=O)O)CC[C@]4(C)[C@H]3CC[C@]12C. The molecule has 0 bridgehead atoms. The molecule has 0 saturated heterocycles. The quantitative estimate of drug-likeness (QED) is 0.0448. The van der Waals surface area contributed by atoms with Crippen LogP contribution in [0.1, 0.15) is 130 Å². The van der Waals surface area contributed by atoms with Crippen LogP contribution in [0.5, 0.6) is 5.75 Å². The fraction of sp³-hybridized carbons (Fsp3) is 0.739. The molecule has 330 valence electrons. The molecule has 3 fully saturated rings. The molecule has 0 spiro atoms. The van der Waals surface area contributed by atoms with Crippen LogP contribution < -0.4 is 10.6 Å². The molecule has 0 radical (unpaired) electrons. The van der Waals surface area contributed by atoms with E-state index >= 15 is 0 Å². The van der Waals surface area contributed by atoms with Crippen molar-refractivity contribution in [3.05, 3.63) is 41.5 Å². The molecule has 9 atom stereocenters. The molecular weight excluding hydrogens is 773 g/mol. The zero-order valence-corrected chi connectivity index (χ0v) is 36.8. The first-order valence-corrected chi connectivity index (χ1v) is 23.8. The predicted octanol–water partition coefficient (Wildman–Crippen LogP) is 7.34. The summed E-state index contributed by atoms with van der Waals surface area (Å²) >= 11 is 0. The maximum absolute atomic E-state index is 13.5. The van der Waals surface area contributed by atoms with Gasteiger partial charge in [-0.25, -0.2) is 0 Å². The Bertz CT molecular complexity index is 1760. The number of nitrogens with one attached hydrogen (secondary N) is 2. The van der Waals surface area contributed by atoms with Crippen molar-refractivity contribution in [1.29, 1.82) is 0 Å². The molecule has 13 heteroatoms. The Balaban J connectivity index is 1.12. The fourth-order valence-electron chi connectivity index (χ4n) is 11.5. The lowest BCUT2D eigenvalue weighted by Crippen LogP contribution is -2.51. The van der Waals surface area contributed by atoms with Crippen molar-refractivity contribution >= 4 is 33.9 Å². The highest BCUT2D eigenvalue weighted by Crippen LogP contribution is 2.67. The summed E-state index contributed by atoms with van der Waals surface area (Å²) in [4.78, 5) is 50.9. The van der Waals surface area contributed by atoms with Crippen molar-refractivity contribution in [3.8, 4) is 5.75 Å². The van der Waals surface area contributed by atoms with Crippen LogP contribution >= 0.6 is 0 Å². The summed E-state index contributed by atoms with van der Waals surface area (Å²) in [6.07, 6.45) is 14.8. The highest BCUT2D eigenvalue weighted by atomic mass is 32.2. The van der Waals surface area contributed by atoms with E-state index in [1.807, 2.05) is 0 Å². The Kier molecular flexibility index (Phi) is 16.1. The largest absolute Gasteiger partial charge is 0.508 e. The van der Waals surface area contributed by atoms with Crippen molar-refractivity contribution in [2.75, 3.05) is 25.4 Å². The Morgan fingerprint density at radius 1 is 0.898 bits per heavy atom. The van der Waals surface area contributed by atoms with Crippen LogP contribution in [0.3, 0.4) is 0 Å². The monoisotopic (exact) mass is 842 g/mol. The lowest BCUT2D eigenvalue weighted by Gasteiger charge is -2.58. The Morgan fingerprint density at radius 3 is 2.36 bits per heavy atom. The van der Waals surface area contributed by atoms with E-state index in [4.69, 9.17) is 14.0 Å². The fourth-order valence-corrected chi connectivity index (χ4v) is 11.9. The predicted molar refractivity (Wildman–Crippen MR) is 225 cm³/mol. The van der Waals surface area contributed by atoms with E-state index in [1.165, 1.54) is 62.7 Å². The molecule has 59 heavy (non-hydrogen) atoms. The van der Waals surface area contributed by atoms with Gasteiger partial charge in [0.15, 0.2) is 0 Å². The summed E-state index contributed by atoms with van der Waals surface area (Å²) in [5.41, 5.74) is 2.76. The number of carbonyl (C=O) groups is 4. The number of esters is 2. The number of carbonyl (C=O) groups excluding carboxylic acids is 4. The van der Waals surface area contributed by atoms with Crippen LogP contribution in [0.25, 0.3) is 0 Å². The normalized spacial score (nSPS) is 28.6. The zero-order chi connectivity index (χ0) is 43.0. The smallest absolute Gasteiger partial charge is 0.306 e. The number of hydrogen-bond acceptors (Lipinski definition) is 9. The van der Waals surface area contributed by atoms with Gasteiger partial charge >= 0.3 is 11.9 Å². The third-order valence-corrected chi connectivity index (χ3v) is 15.4. The van der Waals surface area contributed by atoms with E-state index in [-0.39, 0.29) is 62.6 Å². The van der Waals surface area contributed by atoms with Crippen LogP contribution in [0, 0.1) is 52.3 Å². The van der Waals surface area contributed by atoms with Gasteiger partial charge in [0.1, 0.15) is 18.5 Å². The van der Waals surface area contributed by atoms with Crippen LogP contribution in [0.2, 0.25) is 0 Å². The summed E-state index contributed by atoms with van der Waals surface area (Å²) in [7, 11) is -4.21.